The summed E-state index contributed by atoms with van der Waals surface area (Å²) in [5.41, 5.74) is 2.34. The molecular weight excluding hydrogens is 451 g/mol. The Kier molecular flexibility index (Phi) is 6.21. The number of amides is 2. The third-order valence-corrected chi connectivity index (χ3v) is 7.95. The Labute approximate surface area is 203 Å². The van der Waals surface area contributed by atoms with Crippen LogP contribution in [0.1, 0.15) is 64.8 Å². The Bertz CT molecular complexity index is 1220. The van der Waals surface area contributed by atoms with Crippen molar-refractivity contribution in [2.45, 2.75) is 64.0 Å². The number of aromatic nitrogens is 2. The summed E-state index contributed by atoms with van der Waals surface area (Å²) in [4.78, 5) is 41.2. The highest BCUT2D eigenvalue weighted by Gasteiger charge is 2.46. The number of nitrogens with one attached hydrogen (secondary N) is 1. The van der Waals surface area contributed by atoms with E-state index in [0.717, 1.165) is 24.8 Å². The molecule has 1 saturated carbocycles. The zero-order chi connectivity index (χ0) is 24.7. The zero-order valence-corrected chi connectivity index (χ0v) is 20.2. The van der Waals surface area contributed by atoms with Gasteiger partial charge in [-0.05, 0) is 56.4 Å². The zero-order valence-electron chi connectivity index (χ0n) is 20.2. The summed E-state index contributed by atoms with van der Waals surface area (Å²) in [5.74, 6) is -1.23. The second kappa shape index (κ2) is 9.18. The summed E-state index contributed by atoms with van der Waals surface area (Å²) in [6.45, 7) is 4.81. The minimum absolute atomic E-state index is 0.0504. The molecule has 1 aromatic carbocycles. The van der Waals surface area contributed by atoms with Crippen molar-refractivity contribution in [1.29, 1.82) is 0 Å². The molecule has 8 nitrogen and oxygen atoms in total. The van der Waals surface area contributed by atoms with Gasteiger partial charge in [-0.1, -0.05) is 18.9 Å². The lowest BCUT2D eigenvalue weighted by Crippen LogP contribution is -2.55. The average molecular weight is 483 g/mol. The number of nitrogens with zero attached hydrogens (tertiary/aromatic N) is 3. The predicted octanol–water partition coefficient (Wildman–Crippen LogP) is 2.50. The summed E-state index contributed by atoms with van der Waals surface area (Å²) in [6.07, 6.45) is 5.66. The second-order valence-corrected chi connectivity index (χ2v) is 10.1. The van der Waals surface area contributed by atoms with Crippen molar-refractivity contribution in [3.63, 3.8) is 0 Å². The molecule has 2 aliphatic heterocycles. The van der Waals surface area contributed by atoms with E-state index >= 15 is 0 Å². The Hall–Kier alpha value is -3.07. The van der Waals surface area contributed by atoms with Crippen molar-refractivity contribution in [2.75, 3.05) is 26.2 Å². The van der Waals surface area contributed by atoms with E-state index in [1.165, 1.54) is 29.9 Å². The second-order valence-electron chi connectivity index (χ2n) is 10.1. The monoisotopic (exact) mass is 482 g/mol. The molecule has 0 bridgehead atoms. The van der Waals surface area contributed by atoms with Gasteiger partial charge < -0.3 is 14.5 Å². The lowest BCUT2D eigenvalue weighted by atomic mass is 9.95. The fourth-order valence-electron chi connectivity index (χ4n) is 5.69. The molecule has 35 heavy (non-hydrogen) atoms. The highest BCUT2D eigenvalue weighted by Crippen LogP contribution is 2.42. The number of carbonyl (C=O) groups excluding carboxylic acids is 2. The molecule has 3 aliphatic rings. The van der Waals surface area contributed by atoms with Gasteiger partial charge in [-0.2, -0.15) is 5.10 Å². The largest absolute Gasteiger partial charge is 0.373 e. The molecule has 1 N–H and O–H groups in total. The normalized spacial score (nSPS) is 21.8. The van der Waals surface area contributed by atoms with Gasteiger partial charge in [-0.25, -0.2) is 9.49 Å². The molecule has 3 fully saturated rings. The van der Waals surface area contributed by atoms with Gasteiger partial charge in [0.25, 0.3) is 11.5 Å². The van der Waals surface area contributed by atoms with Crippen LogP contribution >= 0.6 is 0 Å². The lowest BCUT2D eigenvalue weighted by molar-refractivity contribution is -0.137. The molecule has 3 heterocycles. The first-order valence-electron chi connectivity index (χ1n) is 12.3. The van der Waals surface area contributed by atoms with E-state index < -0.39 is 11.7 Å². The molecule has 0 radical (unpaired) electrons. The first-order valence-corrected chi connectivity index (χ1v) is 12.3. The number of hydrogen-bond acceptors (Lipinski definition) is 5. The number of aromatic amines is 1. The number of hydrogen-bond donors (Lipinski definition) is 1. The molecule has 2 saturated heterocycles. The fraction of sp³-hybridized carbons (Fsp3) is 0.538. The highest BCUT2D eigenvalue weighted by atomic mass is 19.1. The Morgan fingerprint density at radius 3 is 2.71 bits per heavy atom. The first kappa shape index (κ1) is 23.7. The lowest BCUT2D eigenvalue weighted by Gasteiger charge is -2.37. The Balaban J connectivity index is 1.27. The van der Waals surface area contributed by atoms with Gasteiger partial charge >= 0.3 is 0 Å². The van der Waals surface area contributed by atoms with Crippen LogP contribution in [0.2, 0.25) is 0 Å². The first-order chi connectivity index (χ1) is 16.8. The van der Waals surface area contributed by atoms with Gasteiger partial charge in [0.15, 0.2) is 0 Å². The summed E-state index contributed by atoms with van der Waals surface area (Å²) in [5, 5.41) is 6.59. The molecule has 1 spiro atoms. The van der Waals surface area contributed by atoms with Crippen LogP contribution in [0, 0.1) is 19.7 Å². The third kappa shape index (κ3) is 4.49. The number of piperazine rings is 1. The number of carbonyl (C=O) groups is 2. The van der Waals surface area contributed by atoms with Gasteiger partial charge in [0.1, 0.15) is 12.4 Å². The van der Waals surface area contributed by atoms with Gasteiger partial charge in [-0.15, -0.1) is 0 Å². The number of rotatable bonds is 4. The highest BCUT2D eigenvalue weighted by molar-refractivity contribution is 5.97. The van der Waals surface area contributed by atoms with Crippen molar-refractivity contribution in [3.05, 3.63) is 62.3 Å². The molecule has 2 amide bonds. The van der Waals surface area contributed by atoms with Crippen LogP contribution < -0.4 is 5.56 Å². The summed E-state index contributed by atoms with van der Waals surface area (Å²) < 4.78 is 20.8. The van der Waals surface area contributed by atoms with Crippen molar-refractivity contribution in [1.82, 2.24) is 20.0 Å². The van der Waals surface area contributed by atoms with Crippen LogP contribution in [0.4, 0.5) is 4.39 Å². The predicted molar refractivity (Wildman–Crippen MR) is 127 cm³/mol. The quantitative estimate of drug-likeness (QED) is 0.723. The summed E-state index contributed by atoms with van der Waals surface area (Å²) in [6, 6.07) is 4.45. The van der Waals surface area contributed by atoms with Gasteiger partial charge in [0, 0.05) is 25.1 Å². The molecule has 5 rings (SSSR count). The standard InChI is InChI=1S/C26H31FN4O4/c1-16-17(2)24(33)29-28-22(16)12-18-5-6-21(27)20(11-18)25(34)30-9-10-31(23(32)14-30)19-13-26(35-15-19)7-3-4-8-26/h5-6,11,19H,3-4,7-10,12-15H2,1-2H3,(H,29,33). The smallest absolute Gasteiger partial charge is 0.267 e. The average Bonchev–Trinajstić information content (AvgIpc) is 3.49. The molecule has 2 aromatic rings. The van der Waals surface area contributed by atoms with Crippen molar-refractivity contribution < 1.29 is 18.7 Å². The van der Waals surface area contributed by atoms with Gasteiger partial charge in [0.05, 0.1) is 29.5 Å². The molecule has 186 valence electrons. The van der Waals surface area contributed by atoms with Crippen molar-refractivity contribution in [2.24, 2.45) is 0 Å². The van der Waals surface area contributed by atoms with E-state index in [4.69, 9.17) is 4.74 Å². The van der Waals surface area contributed by atoms with Gasteiger partial charge in [0.2, 0.25) is 5.91 Å². The minimum atomic E-state index is -0.622. The maximum absolute atomic E-state index is 14.7. The number of ether oxygens (including phenoxy) is 1. The van der Waals surface area contributed by atoms with Crippen LogP contribution in [0.3, 0.4) is 0 Å². The number of halogens is 1. The SMILES string of the molecule is Cc1c(Cc2ccc(F)c(C(=O)N3CCN(C4COC5(CCCC5)C4)C(=O)C3)c2)n[nH]c(=O)c1C. The van der Waals surface area contributed by atoms with Crippen molar-refractivity contribution in [3.8, 4) is 0 Å². The Morgan fingerprint density at radius 1 is 1.20 bits per heavy atom. The molecular formula is C26H31FN4O4. The van der Waals surface area contributed by atoms with Crippen LogP contribution in [0.5, 0.6) is 0 Å². The van der Waals surface area contributed by atoms with Crippen LogP contribution in [-0.4, -0.2) is 69.7 Å². The molecule has 1 unspecified atom stereocenters. The van der Waals surface area contributed by atoms with Crippen LogP contribution in [0.15, 0.2) is 23.0 Å². The number of benzene rings is 1. The van der Waals surface area contributed by atoms with Gasteiger partial charge in [-0.3, -0.25) is 14.4 Å². The Morgan fingerprint density at radius 2 is 1.97 bits per heavy atom. The van der Waals surface area contributed by atoms with E-state index in [2.05, 4.69) is 10.2 Å². The summed E-state index contributed by atoms with van der Waals surface area (Å²) in [7, 11) is 0. The van der Waals surface area contributed by atoms with Crippen LogP contribution in [0.25, 0.3) is 0 Å². The van der Waals surface area contributed by atoms with Crippen molar-refractivity contribution >= 4 is 11.8 Å². The van der Waals surface area contributed by atoms with E-state index in [1.54, 1.807) is 13.0 Å². The third-order valence-electron chi connectivity index (χ3n) is 7.95. The molecule has 1 aliphatic carbocycles. The minimum Gasteiger partial charge on any atom is -0.373 e. The molecule has 9 heteroatoms. The maximum atomic E-state index is 14.7. The fourth-order valence-corrected chi connectivity index (χ4v) is 5.69. The van der Waals surface area contributed by atoms with Crippen LogP contribution in [-0.2, 0) is 16.0 Å². The molecule has 1 atom stereocenters. The maximum Gasteiger partial charge on any atom is 0.267 e. The molecule has 1 aromatic heterocycles. The summed E-state index contributed by atoms with van der Waals surface area (Å²) >= 11 is 0. The van der Waals surface area contributed by atoms with E-state index in [-0.39, 0.29) is 35.2 Å². The van der Waals surface area contributed by atoms with E-state index in [9.17, 15) is 18.8 Å². The van der Waals surface area contributed by atoms with E-state index in [1.807, 2.05) is 11.8 Å². The number of H-pyrrole nitrogens is 1. The van der Waals surface area contributed by atoms with E-state index in [0.29, 0.717) is 42.9 Å². The topological polar surface area (TPSA) is 95.6 Å².